The molecule has 0 fully saturated rings. The van der Waals surface area contributed by atoms with E-state index in [4.69, 9.17) is 9.84 Å². The molecule has 0 spiro atoms. The number of ether oxygens (including phenoxy) is 1. The molecule has 40 heavy (non-hydrogen) atoms. The minimum absolute atomic E-state index is 0.294. The van der Waals surface area contributed by atoms with Gasteiger partial charge in [-0.2, -0.15) is 5.10 Å². The molecule has 0 bridgehead atoms. The number of halogens is 2. The van der Waals surface area contributed by atoms with E-state index >= 15 is 0 Å². The van der Waals surface area contributed by atoms with E-state index in [9.17, 15) is 14.0 Å². The van der Waals surface area contributed by atoms with Gasteiger partial charge in [0, 0.05) is 32.9 Å². The number of pyridine rings is 1. The number of hydrogen-bond donors (Lipinski definition) is 1. The van der Waals surface area contributed by atoms with Crippen molar-refractivity contribution in [1.82, 2.24) is 9.99 Å². The van der Waals surface area contributed by atoms with E-state index in [0.717, 1.165) is 26.5 Å². The number of benzene rings is 4. The summed E-state index contributed by atoms with van der Waals surface area (Å²) in [5, 5.41) is 7.02. The number of H-pyrrole nitrogens is 1. The molecule has 1 aliphatic rings. The number of aromatic amines is 1. The average Bonchev–Trinajstić information content (AvgIpc) is 3.42. The molecule has 0 radical (unpaired) electrons. The SMILES string of the molecule is COc1ccc([C@@H]2CC(c3c(-c4ccccc4)c4cc(Br)ccc4[nH]c3=O)=NN2C(=O)c2ccc(F)cc2)cc1. The summed E-state index contributed by atoms with van der Waals surface area (Å²) in [4.78, 5) is 30.4. The van der Waals surface area contributed by atoms with Crippen LogP contribution in [0.2, 0.25) is 0 Å². The molecule has 5 aromatic rings. The van der Waals surface area contributed by atoms with Gasteiger partial charge in [0.05, 0.1) is 24.4 Å². The molecule has 0 unspecified atom stereocenters. The summed E-state index contributed by atoms with van der Waals surface area (Å²) < 4.78 is 19.8. The van der Waals surface area contributed by atoms with Crippen LogP contribution in [0.25, 0.3) is 22.0 Å². The average molecular weight is 596 g/mol. The van der Waals surface area contributed by atoms with Crippen LogP contribution in [0, 0.1) is 5.82 Å². The molecule has 0 saturated carbocycles. The van der Waals surface area contributed by atoms with Crippen molar-refractivity contribution in [3.63, 3.8) is 0 Å². The zero-order chi connectivity index (χ0) is 27.8. The van der Waals surface area contributed by atoms with E-state index in [0.29, 0.717) is 34.5 Å². The third kappa shape index (κ3) is 4.71. The Morgan fingerprint density at radius 3 is 2.40 bits per heavy atom. The van der Waals surface area contributed by atoms with E-state index in [2.05, 4.69) is 20.9 Å². The highest BCUT2D eigenvalue weighted by atomic mass is 79.9. The molecule has 6 rings (SSSR count). The fraction of sp³-hybridized carbons (Fsp3) is 0.0938. The second-order valence-corrected chi connectivity index (χ2v) is 10.4. The van der Waals surface area contributed by atoms with Crippen LogP contribution in [0.15, 0.2) is 111 Å². The summed E-state index contributed by atoms with van der Waals surface area (Å²) in [5.74, 6) is -0.144. The highest BCUT2D eigenvalue weighted by Gasteiger charge is 2.36. The molecule has 2 heterocycles. The normalized spacial score (nSPS) is 14.8. The highest BCUT2D eigenvalue weighted by Crippen LogP contribution is 2.38. The first-order valence-corrected chi connectivity index (χ1v) is 13.4. The van der Waals surface area contributed by atoms with Crippen LogP contribution in [-0.2, 0) is 0 Å². The van der Waals surface area contributed by atoms with Crippen LogP contribution in [-0.4, -0.2) is 28.7 Å². The number of aromatic nitrogens is 1. The first kappa shape index (κ1) is 25.7. The lowest BCUT2D eigenvalue weighted by Crippen LogP contribution is -2.27. The fourth-order valence-corrected chi connectivity index (χ4v) is 5.47. The van der Waals surface area contributed by atoms with Gasteiger partial charge in [-0.05, 0) is 65.7 Å². The summed E-state index contributed by atoms with van der Waals surface area (Å²) in [6, 6.07) is 27.7. The standard InChI is InChI=1S/C32H23BrFN3O3/c1-40-24-14-9-19(10-15-24)28-18-27(36-37(28)32(39)21-7-12-23(34)13-8-21)30-29(20-5-3-2-4-6-20)25-17-22(33)11-16-26(25)35-31(30)38/h2-17,28H,18H2,1H3,(H,35,38)/t28-/m0/s1. The zero-order valence-corrected chi connectivity index (χ0v) is 23.0. The molecule has 1 N–H and O–H groups in total. The molecule has 1 atom stereocenters. The van der Waals surface area contributed by atoms with Gasteiger partial charge in [-0.25, -0.2) is 9.40 Å². The summed E-state index contributed by atoms with van der Waals surface area (Å²) in [5.41, 5.74) is 4.02. The molecular weight excluding hydrogens is 573 g/mol. The minimum Gasteiger partial charge on any atom is -0.497 e. The van der Waals surface area contributed by atoms with Gasteiger partial charge in [-0.1, -0.05) is 58.4 Å². The maximum atomic E-state index is 13.7. The van der Waals surface area contributed by atoms with Crippen LogP contribution < -0.4 is 10.3 Å². The summed E-state index contributed by atoms with van der Waals surface area (Å²) in [6.45, 7) is 0. The number of hydrogen-bond acceptors (Lipinski definition) is 4. The van der Waals surface area contributed by atoms with Crippen LogP contribution in [0.4, 0.5) is 4.39 Å². The third-order valence-electron chi connectivity index (χ3n) is 7.04. The third-order valence-corrected chi connectivity index (χ3v) is 7.53. The Morgan fingerprint density at radius 1 is 0.975 bits per heavy atom. The number of nitrogens with one attached hydrogen (secondary N) is 1. The molecule has 8 heteroatoms. The van der Waals surface area contributed by atoms with Crippen LogP contribution in [0.3, 0.4) is 0 Å². The predicted octanol–water partition coefficient (Wildman–Crippen LogP) is 7.10. The number of fused-ring (bicyclic) bond motifs is 1. The lowest BCUT2D eigenvalue weighted by atomic mass is 9.91. The van der Waals surface area contributed by atoms with Crippen molar-refractivity contribution in [1.29, 1.82) is 0 Å². The van der Waals surface area contributed by atoms with Crippen molar-refractivity contribution in [2.75, 3.05) is 7.11 Å². The molecule has 198 valence electrons. The van der Waals surface area contributed by atoms with E-state index in [1.54, 1.807) is 7.11 Å². The van der Waals surface area contributed by atoms with Gasteiger partial charge in [-0.15, -0.1) is 0 Å². The molecule has 1 aromatic heterocycles. The van der Waals surface area contributed by atoms with Crippen molar-refractivity contribution in [2.45, 2.75) is 12.5 Å². The number of carbonyl (C=O) groups excluding carboxylic acids is 1. The summed E-state index contributed by atoms with van der Waals surface area (Å²) in [7, 11) is 1.59. The summed E-state index contributed by atoms with van der Waals surface area (Å²) in [6.07, 6.45) is 0.307. The fourth-order valence-electron chi connectivity index (χ4n) is 5.10. The monoisotopic (exact) mass is 595 g/mol. The maximum absolute atomic E-state index is 13.7. The Bertz CT molecular complexity index is 1820. The van der Waals surface area contributed by atoms with Gasteiger partial charge in [-0.3, -0.25) is 9.59 Å². The Hall–Kier alpha value is -4.56. The molecule has 0 aliphatic carbocycles. The zero-order valence-electron chi connectivity index (χ0n) is 21.4. The Morgan fingerprint density at radius 2 is 1.70 bits per heavy atom. The van der Waals surface area contributed by atoms with Crippen LogP contribution in [0.1, 0.15) is 33.9 Å². The number of hydrazone groups is 1. The number of rotatable bonds is 5. The topological polar surface area (TPSA) is 74.8 Å². The number of carbonyl (C=O) groups is 1. The largest absolute Gasteiger partial charge is 0.497 e. The van der Waals surface area contributed by atoms with Crippen LogP contribution >= 0.6 is 15.9 Å². The Labute approximate surface area is 237 Å². The Kier molecular flexibility index (Phi) is 6.77. The smallest absolute Gasteiger partial charge is 0.274 e. The van der Waals surface area contributed by atoms with Gasteiger partial charge in [0.2, 0.25) is 0 Å². The minimum atomic E-state index is -0.486. The van der Waals surface area contributed by atoms with Crippen molar-refractivity contribution < 1.29 is 13.9 Å². The van der Waals surface area contributed by atoms with E-state index < -0.39 is 17.8 Å². The van der Waals surface area contributed by atoms with Crippen molar-refractivity contribution in [3.8, 4) is 16.9 Å². The maximum Gasteiger partial charge on any atom is 0.274 e. The summed E-state index contributed by atoms with van der Waals surface area (Å²) >= 11 is 3.57. The lowest BCUT2D eigenvalue weighted by Gasteiger charge is -2.22. The Balaban J connectivity index is 1.55. The second kappa shape index (κ2) is 10.5. The highest BCUT2D eigenvalue weighted by molar-refractivity contribution is 9.10. The first-order valence-electron chi connectivity index (χ1n) is 12.6. The van der Waals surface area contributed by atoms with Gasteiger partial charge < -0.3 is 9.72 Å². The molecular formula is C32H23BrFN3O3. The number of methoxy groups -OCH3 is 1. The molecule has 0 saturated heterocycles. The number of amides is 1. The van der Waals surface area contributed by atoms with Gasteiger partial charge in [0.15, 0.2) is 0 Å². The quantitative estimate of drug-likeness (QED) is 0.235. The number of nitrogens with zero attached hydrogens (tertiary/aromatic N) is 2. The molecule has 4 aromatic carbocycles. The second-order valence-electron chi connectivity index (χ2n) is 9.46. The van der Waals surface area contributed by atoms with E-state index in [1.807, 2.05) is 72.8 Å². The van der Waals surface area contributed by atoms with E-state index in [-0.39, 0.29) is 5.56 Å². The molecule has 1 amide bonds. The van der Waals surface area contributed by atoms with Crippen molar-refractivity contribution in [2.24, 2.45) is 5.10 Å². The van der Waals surface area contributed by atoms with Crippen LogP contribution in [0.5, 0.6) is 5.75 Å². The lowest BCUT2D eigenvalue weighted by molar-refractivity contribution is 0.0711. The van der Waals surface area contributed by atoms with Crippen molar-refractivity contribution >= 4 is 38.5 Å². The first-order chi connectivity index (χ1) is 19.4. The van der Waals surface area contributed by atoms with Gasteiger partial charge in [0.25, 0.3) is 11.5 Å². The van der Waals surface area contributed by atoms with Gasteiger partial charge in [0.1, 0.15) is 11.6 Å². The van der Waals surface area contributed by atoms with Crippen molar-refractivity contribution in [3.05, 3.63) is 134 Å². The van der Waals surface area contributed by atoms with Gasteiger partial charge >= 0.3 is 0 Å². The predicted molar refractivity (Wildman–Crippen MR) is 157 cm³/mol. The van der Waals surface area contributed by atoms with E-state index in [1.165, 1.54) is 29.3 Å². The molecule has 6 nitrogen and oxygen atoms in total. The molecule has 1 aliphatic heterocycles.